The molecule has 1 aliphatic rings. The SMILES string of the molecule is CC(C)(C)C1(Cl)C=CC=CC1c1ccc2ccccc2c1. The molecule has 0 heterocycles. The van der Waals surface area contributed by atoms with Crippen LogP contribution in [0.4, 0.5) is 0 Å². The molecule has 0 nitrogen and oxygen atoms in total. The first-order chi connectivity index (χ1) is 9.92. The molecule has 0 bridgehead atoms. The molecule has 0 radical (unpaired) electrons. The molecular weight excluding hydrogens is 276 g/mol. The van der Waals surface area contributed by atoms with Crippen molar-refractivity contribution in [3.63, 3.8) is 0 Å². The molecule has 0 amide bonds. The fraction of sp³-hybridized carbons (Fsp3) is 0.300. The van der Waals surface area contributed by atoms with E-state index in [9.17, 15) is 0 Å². The van der Waals surface area contributed by atoms with Crippen molar-refractivity contribution in [3.8, 4) is 0 Å². The van der Waals surface area contributed by atoms with Crippen molar-refractivity contribution in [1.82, 2.24) is 0 Å². The van der Waals surface area contributed by atoms with Gasteiger partial charge in [-0.25, -0.2) is 0 Å². The Morgan fingerprint density at radius 2 is 1.67 bits per heavy atom. The molecule has 3 rings (SSSR count). The molecule has 0 aromatic heterocycles. The second kappa shape index (κ2) is 5.03. The molecule has 0 aliphatic heterocycles. The second-order valence-corrected chi connectivity index (χ2v) is 7.47. The molecule has 1 heteroatoms. The van der Waals surface area contributed by atoms with Crippen LogP contribution in [0.15, 0.2) is 66.8 Å². The first kappa shape index (κ1) is 14.4. The predicted octanol–water partition coefficient (Wildman–Crippen LogP) is 6.07. The van der Waals surface area contributed by atoms with Gasteiger partial charge >= 0.3 is 0 Å². The lowest BCUT2D eigenvalue weighted by molar-refractivity contribution is 0.299. The third kappa shape index (κ3) is 2.42. The van der Waals surface area contributed by atoms with E-state index in [1.165, 1.54) is 16.3 Å². The minimum atomic E-state index is -0.399. The Balaban J connectivity index is 2.11. The fourth-order valence-electron chi connectivity index (χ4n) is 3.09. The number of benzene rings is 2. The summed E-state index contributed by atoms with van der Waals surface area (Å²) in [6, 6.07) is 15.1. The summed E-state index contributed by atoms with van der Waals surface area (Å²) in [6.07, 6.45) is 8.54. The van der Waals surface area contributed by atoms with E-state index in [4.69, 9.17) is 11.6 Å². The summed E-state index contributed by atoms with van der Waals surface area (Å²) < 4.78 is 0. The molecule has 0 spiro atoms. The van der Waals surface area contributed by atoms with E-state index in [1.54, 1.807) is 0 Å². The summed E-state index contributed by atoms with van der Waals surface area (Å²) in [5.74, 6) is 0.189. The van der Waals surface area contributed by atoms with Crippen LogP contribution in [-0.2, 0) is 0 Å². The summed E-state index contributed by atoms with van der Waals surface area (Å²) in [4.78, 5) is -0.399. The highest BCUT2D eigenvalue weighted by Crippen LogP contribution is 2.50. The first-order valence-electron chi connectivity index (χ1n) is 7.45. The third-order valence-corrected chi connectivity index (χ3v) is 5.42. The number of alkyl halides is 1. The van der Waals surface area contributed by atoms with Crippen LogP contribution in [0.25, 0.3) is 10.8 Å². The lowest BCUT2D eigenvalue weighted by atomic mass is 9.68. The molecule has 0 fully saturated rings. The van der Waals surface area contributed by atoms with E-state index in [-0.39, 0.29) is 11.3 Å². The normalized spacial score (nSPS) is 25.4. The average molecular weight is 297 g/mol. The standard InChI is InChI=1S/C20H21Cl/c1-19(2,3)20(21)13-7-6-10-18(20)17-12-11-15-8-4-5-9-16(15)14-17/h4-14,18H,1-3H3. The summed E-state index contributed by atoms with van der Waals surface area (Å²) in [5.41, 5.74) is 1.26. The van der Waals surface area contributed by atoms with Gasteiger partial charge in [0.25, 0.3) is 0 Å². The summed E-state index contributed by atoms with van der Waals surface area (Å²) in [5, 5.41) is 2.54. The minimum Gasteiger partial charge on any atom is -0.113 e. The maximum Gasteiger partial charge on any atom is 0.0780 e. The van der Waals surface area contributed by atoms with Crippen molar-refractivity contribution in [2.75, 3.05) is 0 Å². The second-order valence-electron chi connectivity index (χ2n) is 6.85. The lowest BCUT2D eigenvalue weighted by Gasteiger charge is -2.43. The van der Waals surface area contributed by atoms with E-state index in [2.05, 4.69) is 87.5 Å². The highest BCUT2D eigenvalue weighted by molar-refractivity contribution is 6.26. The molecule has 2 aromatic rings. The molecule has 0 saturated heterocycles. The zero-order chi connectivity index (χ0) is 15.1. The van der Waals surface area contributed by atoms with Gasteiger partial charge in [-0.1, -0.05) is 87.5 Å². The van der Waals surface area contributed by atoms with Crippen LogP contribution < -0.4 is 0 Å². The molecular formula is C20H21Cl. The number of hydrogen-bond donors (Lipinski definition) is 0. The Kier molecular flexibility index (Phi) is 3.45. The van der Waals surface area contributed by atoms with Gasteiger partial charge in [0.05, 0.1) is 4.87 Å². The van der Waals surface area contributed by atoms with Gasteiger partial charge in [-0.3, -0.25) is 0 Å². The van der Waals surface area contributed by atoms with Gasteiger partial charge in [-0.05, 0) is 21.8 Å². The van der Waals surface area contributed by atoms with Crippen molar-refractivity contribution in [2.24, 2.45) is 5.41 Å². The van der Waals surface area contributed by atoms with Crippen molar-refractivity contribution < 1.29 is 0 Å². The molecule has 2 unspecified atom stereocenters. The van der Waals surface area contributed by atoms with E-state index in [1.807, 2.05) is 0 Å². The topological polar surface area (TPSA) is 0 Å². The largest absolute Gasteiger partial charge is 0.113 e. The number of fused-ring (bicyclic) bond motifs is 1. The average Bonchev–Trinajstić information content (AvgIpc) is 2.46. The zero-order valence-corrected chi connectivity index (χ0v) is 13.6. The predicted molar refractivity (Wildman–Crippen MR) is 93.0 cm³/mol. The molecule has 0 N–H and O–H groups in total. The fourth-order valence-corrected chi connectivity index (χ4v) is 3.36. The molecule has 2 atom stereocenters. The summed E-state index contributed by atoms with van der Waals surface area (Å²) >= 11 is 7.06. The minimum absolute atomic E-state index is 0.0217. The van der Waals surface area contributed by atoms with Gasteiger partial charge in [-0.2, -0.15) is 0 Å². The highest BCUT2D eigenvalue weighted by atomic mass is 35.5. The van der Waals surface area contributed by atoms with Gasteiger partial charge < -0.3 is 0 Å². The molecule has 21 heavy (non-hydrogen) atoms. The number of allylic oxidation sites excluding steroid dienone is 4. The van der Waals surface area contributed by atoms with Gasteiger partial charge in [0, 0.05) is 5.92 Å². The van der Waals surface area contributed by atoms with Crippen LogP contribution in [0.2, 0.25) is 0 Å². The Morgan fingerprint density at radius 3 is 2.38 bits per heavy atom. The summed E-state index contributed by atoms with van der Waals surface area (Å²) in [7, 11) is 0. The quantitative estimate of drug-likeness (QED) is 0.560. The highest BCUT2D eigenvalue weighted by Gasteiger charge is 2.45. The molecule has 2 aromatic carbocycles. The van der Waals surface area contributed by atoms with Crippen LogP contribution in [0.1, 0.15) is 32.3 Å². The van der Waals surface area contributed by atoms with Crippen LogP contribution in [-0.4, -0.2) is 4.87 Å². The number of rotatable bonds is 1. The summed E-state index contributed by atoms with van der Waals surface area (Å²) in [6.45, 7) is 6.62. The van der Waals surface area contributed by atoms with Gasteiger partial charge in [0.1, 0.15) is 0 Å². The molecule has 0 saturated carbocycles. The van der Waals surface area contributed by atoms with Crippen LogP contribution in [0.5, 0.6) is 0 Å². The third-order valence-electron chi connectivity index (χ3n) is 4.49. The number of hydrogen-bond acceptors (Lipinski definition) is 0. The van der Waals surface area contributed by atoms with Gasteiger partial charge in [-0.15, -0.1) is 11.6 Å². The Hall–Kier alpha value is -1.53. The van der Waals surface area contributed by atoms with E-state index < -0.39 is 4.87 Å². The van der Waals surface area contributed by atoms with Crippen LogP contribution >= 0.6 is 11.6 Å². The van der Waals surface area contributed by atoms with Crippen molar-refractivity contribution in [1.29, 1.82) is 0 Å². The first-order valence-corrected chi connectivity index (χ1v) is 7.83. The Bertz CT molecular complexity index is 718. The molecule has 108 valence electrons. The zero-order valence-electron chi connectivity index (χ0n) is 12.8. The smallest absolute Gasteiger partial charge is 0.0780 e. The monoisotopic (exact) mass is 296 g/mol. The van der Waals surface area contributed by atoms with E-state index in [0.717, 1.165) is 0 Å². The van der Waals surface area contributed by atoms with Crippen molar-refractivity contribution in [2.45, 2.75) is 31.6 Å². The number of halogens is 1. The van der Waals surface area contributed by atoms with E-state index >= 15 is 0 Å². The Labute approximate surface area is 132 Å². The maximum atomic E-state index is 7.06. The van der Waals surface area contributed by atoms with Crippen molar-refractivity contribution >= 4 is 22.4 Å². The Morgan fingerprint density at radius 1 is 0.952 bits per heavy atom. The van der Waals surface area contributed by atoms with Crippen LogP contribution in [0, 0.1) is 5.41 Å². The van der Waals surface area contributed by atoms with Gasteiger partial charge in [0.15, 0.2) is 0 Å². The maximum absolute atomic E-state index is 7.06. The van der Waals surface area contributed by atoms with Gasteiger partial charge in [0.2, 0.25) is 0 Å². The van der Waals surface area contributed by atoms with Crippen molar-refractivity contribution in [3.05, 3.63) is 72.3 Å². The van der Waals surface area contributed by atoms with Crippen LogP contribution in [0.3, 0.4) is 0 Å². The lowest BCUT2D eigenvalue weighted by Crippen LogP contribution is -2.41. The molecule has 1 aliphatic carbocycles. The van der Waals surface area contributed by atoms with E-state index in [0.29, 0.717) is 0 Å².